The van der Waals surface area contributed by atoms with Crippen molar-refractivity contribution in [1.82, 2.24) is 5.43 Å². The summed E-state index contributed by atoms with van der Waals surface area (Å²) >= 11 is 11.8. The maximum absolute atomic E-state index is 12.1. The van der Waals surface area contributed by atoms with Crippen LogP contribution in [0, 0.1) is 6.92 Å². The van der Waals surface area contributed by atoms with Gasteiger partial charge in [-0.15, -0.1) is 0 Å². The van der Waals surface area contributed by atoms with Crippen molar-refractivity contribution >= 4 is 35.3 Å². The van der Waals surface area contributed by atoms with Crippen LogP contribution in [0.25, 0.3) is 0 Å². The van der Waals surface area contributed by atoms with Crippen LogP contribution < -0.4 is 10.2 Å². The molecule has 0 atom stereocenters. The summed E-state index contributed by atoms with van der Waals surface area (Å²) in [7, 11) is 0. The van der Waals surface area contributed by atoms with Crippen LogP contribution in [0.5, 0.6) is 5.75 Å². The average Bonchev–Trinajstić information content (AvgIpc) is 2.68. The first-order valence-corrected chi connectivity index (χ1v) is 9.34. The SMILES string of the molecule is Cc1ccc(COc2ccc(C=NNC(=O)c3ccc(Cl)cc3Cl)cc2)cc1. The lowest BCUT2D eigenvalue weighted by molar-refractivity contribution is 0.0955. The molecule has 3 aromatic rings. The molecule has 0 radical (unpaired) electrons. The summed E-state index contributed by atoms with van der Waals surface area (Å²) < 4.78 is 5.77. The van der Waals surface area contributed by atoms with Gasteiger partial charge in [-0.1, -0.05) is 53.0 Å². The molecular weight excluding hydrogens is 395 g/mol. The fourth-order valence-corrected chi connectivity index (χ4v) is 2.89. The summed E-state index contributed by atoms with van der Waals surface area (Å²) in [6.07, 6.45) is 1.55. The number of carbonyl (C=O) groups is 1. The number of benzene rings is 3. The van der Waals surface area contributed by atoms with E-state index in [-0.39, 0.29) is 5.02 Å². The maximum atomic E-state index is 12.1. The zero-order valence-corrected chi connectivity index (χ0v) is 16.7. The van der Waals surface area contributed by atoms with Crippen LogP contribution in [-0.2, 0) is 6.61 Å². The van der Waals surface area contributed by atoms with E-state index in [0.717, 1.165) is 16.9 Å². The van der Waals surface area contributed by atoms with E-state index < -0.39 is 5.91 Å². The summed E-state index contributed by atoms with van der Waals surface area (Å²) in [6, 6.07) is 20.3. The highest BCUT2D eigenvalue weighted by molar-refractivity contribution is 6.36. The first-order valence-electron chi connectivity index (χ1n) is 8.58. The summed E-state index contributed by atoms with van der Waals surface area (Å²) in [5.74, 6) is 0.352. The molecule has 142 valence electrons. The van der Waals surface area contributed by atoms with Crippen molar-refractivity contribution in [3.05, 3.63) is 99.0 Å². The van der Waals surface area contributed by atoms with E-state index in [9.17, 15) is 4.79 Å². The van der Waals surface area contributed by atoms with Gasteiger partial charge >= 0.3 is 0 Å². The van der Waals surface area contributed by atoms with E-state index in [1.54, 1.807) is 18.3 Å². The van der Waals surface area contributed by atoms with Gasteiger partial charge < -0.3 is 4.74 Å². The maximum Gasteiger partial charge on any atom is 0.272 e. The summed E-state index contributed by atoms with van der Waals surface area (Å²) in [4.78, 5) is 12.1. The molecule has 0 saturated heterocycles. The molecule has 3 rings (SSSR count). The zero-order valence-electron chi connectivity index (χ0n) is 15.2. The second-order valence-corrected chi connectivity index (χ2v) is 7.01. The monoisotopic (exact) mass is 412 g/mol. The second-order valence-electron chi connectivity index (χ2n) is 6.17. The van der Waals surface area contributed by atoms with Crippen LogP contribution in [0.2, 0.25) is 10.0 Å². The molecule has 0 aliphatic rings. The lowest BCUT2D eigenvalue weighted by atomic mass is 10.2. The Kier molecular flexibility index (Phi) is 6.69. The van der Waals surface area contributed by atoms with Crippen LogP contribution >= 0.6 is 23.2 Å². The van der Waals surface area contributed by atoms with E-state index in [1.165, 1.54) is 11.6 Å². The number of hydrogen-bond donors (Lipinski definition) is 1. The predicted octanol–water partition coefficient (Wildman–Crippen LogP) is 5.64. The largest absolute Gasteiger partial charge is 0.489 e. The Labute approximate surface area is 173 Å². The molecule has 0 bridgehead atoms. The number of nitrogens with zero attached hydrogens (tertiary/aromatic N) is 1. The smallest absolute Gasteiger partial charge is 0.272 e. The van der Waals surface area contributed by atoms with Gasteiger partial charge in [-0.3, -0.25) is 4.79 Å². The molecule has 0 fully saturated rings. The van der Waals surface area contributed by atoms with Crippen molar-refractivity contribution in [2.24, 2.45) is 5.10 Å². The van der Waals surface area contributed by atoms with Gasteiger partial charge in [0.2, 0.25) is 0 Å². The van der Waals surface area contributed by atoms with Crippen LogP contribution in [-0.4, -0.2) is 12.1 Å². The Hall–Kier alpha value is -2.82. The molecule has 0 unspecified atom stereocenters. The molecule has 1 N–H and O–H groups in total. The Morgan fingerprint density at radius 1 is 1.04 bits per heavy atom. The number of aryl methyl sites for hydroxylation is 1. The third kappa shape index (κ3) is 5.59. The minimum Gasteiger partial charge on any atom is -0.489 e. The standard InChI is InChI=1S/C22H18Cl2N2O2/c1-15-2-4-17(5-3-15)14-28-19-9-6-16(7-10-19)13-25-26-22(27)20-11-8-18(23)12-21(20)24/h2-13H,14H2,1H3,(H,26,27). The molecule has 28 heavy (non-hydrogen) atoms. The average molecular weight is 413 g/mol. The van der Waals surface area contributed by atoms with Crippen LogP contribution in [0.3, 0.4) is 0 Å². The number of nitrogens with one attached hydrogen (secondary N) is 1. The van der Waals surface area contributed by atoms with Crippen molar-refractivity contribution in [2.45, 2.75) is 13.5 Å². The molecular formula is C22H18Cl2N2O2. The number of hydrazone groups is 1. The molecule has 0 heterocycles. The van der Waals surface area contributed by atoms with E-state index in [2.05, 4.69) is 29.6 Å². The van der Waals surface area contributed by atoms with Gasteiger partial charge in [0.15, 0.2) is 0 Å². The van der Waals surface area contributed by atoms with Crippen molar-refractivity contribution in [2.75, 3.05) is 0 Å². The summed E-state index contributed by atoms with van der Waals surface area (Å²) in [5.41, 5.74) is 5.91. The first-order chi connectivity index (χ1) is 13.5. The second kappa shape index (κ2) is 9.40. The van der Waals surface area contributed by atoms with Gasteiger partial charge in [0.05, 0.1) is 16.8 Å². The van der Waals surface area contributed by atoms with Crippen molar-refractivity contribution in [3.8, 4) is 5.75 Å². The van der Waals surface area contributed by atoms with Gasteiger partial charge in [0, 0.05) is 5.02 Å². The third-order valence-corrected chi connectivity index (χ3v) is 4.51. The first kappa shape index (κ1) is 19.9. The number of carbonyl (C=O) groups excluding carboxylic acids is 1. The van der Waals surface area contributed by atoms with Crippen LogP contribution in [0.1, 0.15) is 27.0 Å². The van der Waals surface area contributed by atoms with E-state index in [4.69, 9.17) is 27.9 Å². The van der Waals surface area contributed by atoms with Gasteiger partial charge in [-0.2, -0.15) is 5.10 Å². The topological polar surface area (TPSA) is 50.7 Å². The Morgan fingerprint density at radius 2 is 1.75 bits per heavy atom. The number of halogens is 2. The van der Waals surface area contributed by atoms with Crippen LogP contribution in [0.4, 0.5) is 0 Å². The highest BCUT2D eigenvalue weighted by Gasteiger charge is 2.09. The van der Waals surface area contributed by atoms with Gasteiger partial charge in [-0.05, 0) is 60.5 Å². The number of rotatable bonds is 6. The zero-order chi connectivity index (χ0) is 19.9. The Balaban J connectivity index is 1.53. The summed E-state index contributed by atoms with van der Waals surface area (Å²) in [5, 5.41) is 4.70. The molecule has 4 nitrogen and oxygen atoms in total. The van der Waals surface area contributed by atoms with Crippen molar-refractivity contribution in [3.63, 3.8) is 0 Å². The Bertz CT molecular complexity index is 984. The lowest BCUT2D eigenvalue weighted by Gasteiger charge is -2.07. The predicted molar refractivity (Wildman–Crippen MR) is 113 cm³/mol. The van der Waals surface area contributed by atoms with E-state index in [1.807, 2.05) is 36.4 Å². The lowest BCUT2D eigenvalue weighted by Crippen LogP contribution is -2.18. The minimum absolute atomic E-state index is 0.273. The number of amides is 1. The molecule has 0 saturated carbocycles. The fourth-order valence-electron chi connectivity index (χ4n) is 2.40. The van der Waals surface area contributed by atoms with E-state index >= 15 is 0 Å². The van der Waals surface area contributed by atoms with Gasteiger partial charge in [0.25, 0.3) is 5.91 Å². The molecule has 0 aliphatic heterocycles. The molecule has 1 amide bonds. The van der Waals surface area contributed by atoms with Crippen molar-refractivity contribution < 1.29 is 9.53 Å². The molecule has 0 aromatic heterocycles. The number of ether oxygens (including phenoxy) is 1. The molecule has 0 spiro atoms. The summed E-state index contributed by atoms with van der Waals surface area (Å²) in [6.45, 7) is 2.56. The van der Waals surface area contributed by atoms with Crippen LogP contribution in [0.15, 0.2) is 71.8 Å². The fraction of sp³-hybridized carbons (Fsp3) is 0.0909. The highest BCUT2D eigenvalue weighted by Crippen LogP contribution is 2.20. The quantitative estimate of drug-likeness (QED) is 0.420. The Morgan fingerprint density at radius 3 is 2.43 bits per heavy atom. The molecule has 3 aromatic carbocycles. The van der Waals surface area contributed by atoms with Gasteiger partial charge in [0.1, 0.15) is 12.4 Å². The minimum atomic E-state index is -0.407. The molecule has 6 heteroatoms. The number of hydrogen-bond acceptors (Lipinski definition) is 3. The van der Waals surface area contributed by atoms with Gasteiger partial charge in [-0.25, -0.2) is 5.43 Å². The molecule has 0 aliphatic carbocycles. The van der Waals surface area contributed by atoms with E-state index in [0.29, 0.717) is 17.2 Å². The third-order valence-electron chi connectivity index (χ3n) is 3.96. The highest BCUT2D eigenvalue weighted by atomic mass is 35.5. The normalized spacial score (nSPS) is 10.8. The van der Waals surface area contributed by atoms with Crippen molar-refractivity contribution in [1.29, 1.82) is 0 Å².